The fourth-order valence-corrected chi connectivity index (χ4v) is 8.79. The Hall–Kier alpha value is -5.46. The molecule has 0 bridgehead atoms. The summed E-state index contributed by atoms with van der Waals surface area (Å²) < 4.78 is 9.60. The second-order valence-electron chi connectivity index (χ2n) is 15.7. The van der Waals surface area contributed by atoms with Crippen LogP contribution in [-0.2, 0) is 19.1 Å². The second kappa shape index (κ2) is 17.1. The first kappa shape index (κ1) is 38.8. The van der Waals surface area contributed by atoms with Crippen molar-refractivity contribution in [1.29, 1.82) is 0 Å². The van der Waals surface area contributed by atoms with Crippen molar-refractivity contribution in [3.63, 3.8) is 0 Å². The Morgan fingerprint density at radius 3 is 2.07 bits per heavy atom. The fourth-order valence-electron chi connectivity index (χ4n) is 8.79. The number of H-pyrrole nitrogens is 1. The monoisotopic (exact) mass is 763 g/mol. The average Bonchev–Trinajstić information content (AvgIpc) is 4.06. The SMILES string of the molecule is COC(=O)N[C@H](C(=O)N1CCC[C@H]1c1ncc(-c2ccc(-c3ccc(C4=CN=C([C@@H]5CCCN5C(=O)[C@H]5CCCC[C@H]5NC(=O)OC)C4)cc3)cc2)[nH]1)C(C)C. The number of carbonyl (C=O) groups excluding carboxylic acids is 4. The number of amides is 4. The quantitative estimate of drug-likeness (QED) is 0.203. The van der Waals surface area contributed by atoms with Crippen molar-refractivity contribution in [2.45, 2.75) is 95.8 Å². The van der Waals surface area contributed by atoms with Crippen molar-refractivity contribution in [3.8, 4) is 22.4 Å². The van der Waals surface area contributed by atoms with Crippen molar-refractivity contribution in [2.75, 3.05) is 27.3 Å². The number of imidazole rings is 1. The van der Waals surface area contributed by atoms with Gasteiger partial charge in [0.1, 0.15) is 11.9 Å². The number of carbonyl (C=O) groups is 4. The van der Waals surface area contributed by atoms with Crippen LogP contribution in [0.4, 0.5) is 9.59 Å². The molecule has 7 rings (SSSR count). The Kier molecular flexibility index (Phi) is 11.9. The average molecular weight is 764 g/mol. The molecule has 5 atom stereocenters. The van der Waals surface area contributed by atoms with Crippen LogP contribution in [0.5, 0.6) is 0 Å². The number of nitrogens with one attached hydrogen (secondary N) is 3. The van der Waals surface area contributed by atoms with Gasteiger partial charge in [0.15, 0.2) is 0 Å². The number of rotatable bonds is 10. The third kappa shape index (κ3) is 8.22. The third-order valence-electron chi connectivity index (χ3n) is 11.9. The molecule has 2 aromatic carbocycles. The molecule has 4 amide bonds. The molecular formula is C43H53N7O6. The van der Waals surface area contributed by atoms with Crippen LogP contribution in [0, 0.1) is 11.8 Å². The predicted molar refractivity (Wildman–Crippen MR) is 213 cm³/mol. The predicted octanol–water partition coefficient (Wildman–Crippen LogP) is 6.88. The summed E-state index contributed by atoms with van der Waals surface area (Å²) in [5.41, 5.74) is 7.33. The molecule has 3 fully saturated rings. The maximum absolute atomic E-state index is 13.9. The summed E-state index contributed by atoms with van der Waals surface area (Å²) in [6.45, 7) is 5.13. The summed E-state index contributed by atoms with van der Waals surface area (Å²) in [5.74, 6) is 0.381. The van der Waals surface area contributed by atoms with Crippen LogP contribution in [0.1, 0.15) is 89.1 Å². The number of aromatic nitrogens is 2. The Morgan fingerprint density at radius 1 is 0.768 bits per heavy atom. The summed E-state index contributed by atoms with van der Waals surface area (Å²) in [5, 5.41) is 5.61. The molecule has 4 aliphatic rings. The number of nitrogens with zero attached hydrogens (tertiary/aromatic N) is 4. The van der Waals surface area contributed by atoms with E-state index in [4.69, 9.17) is 14.5 Å². The molecule has 13 heteroatoms. The van der Waals surface area contributed by atoms with Gasteiger partial charge in [0.25, 0.3) is 0 Å². The van der Waals surface area contributed by atoms with Gasteiger partial charge in [0.05, 0.1) is 44.1 Å². The summed E-state index contributed by atoms with van der Waals surface area (Å²) >= 11 is 0. The Balaban J connectivity index is 0.960. The Labute approximate surface area is 328 Å². The molecule has 1 aliphatic carbocycles. The zero-order valence-corrected chi connectivity index (χ0v) is 32.8. The Morgan fingerprint density at radius 2 is 1.39 bits per heavy atom. The molecule has 4 heterocycles. The van der Waals surface area contributed by atoms with Crippen molar-refractivity contribution in [1.82, 2.24) is 30.4 Å². The van der Waals surface area contributed by atoms with E-state index in [1.165, 1.54) is 14.2 Å². The first-order chi connectivity index (χ1) is 27.1. The largest absolute Gasteiger partial charge is 0.453 e. The minimum absolute atomic E-state index is 0.0205. The zero-order valence-electron chi connectivity index (χ0n) is 32.8. The number of alkyl carbamates (subject to hydrolysis) is 2. The maximum atomic E-state index is 13.9. The number of likely N-dealkylation sites (tertiary alicyclic amines) is 2. The van der Waals surface area contributed by atoms with E-state index >= 15 is 0 Å². The van der Waals surface area contributed by atoms with Crippen molar-refractivity contribution in [2.24, 2.45) is 16.8 Å². The number of benzene rings is 2. The summed E-state index contributed by atoms with van der Waals surface area (Å²) in [6, 6.07) is 15.8. The highest BCUT2D eigenvalue weighted by molar-refractivity contribution is 6.03. The van der Waals surface area contributed by atoms with E-state index in [1.807, 2.05) is 36.0 Å². The molecule has 13 nitrogen and oxygen atoms in total. The van der Waals surface area contributed by atoms with Crippen LogP contribution < -0.4 is 10.6 Å². The molecule has 56 heavy (non-hydrogen) atoms. The topological polar surface area (TPSA) is 158 Å². The van der Waals surface area contributed by atoms with Gasteiger partial charge in [-0.2, -0.15) is 0 Å². The lowest BCUT2D eigenvalue weighted by Crippen LogP contribution is -2.51. The number of allylic oxidation sites excluding steroid dienone is 1. The number of aliphatic imine (C=N–C) groups is 1. The molecule has 0 spiro atoms. The lowest BCUT2D eigenvalue weighted by atomic mass is 9.83. The maximum Gasteiger partial charge on any atom is 0.407 e. The highest BCUT2D eigenvalue weighted by Gasteiger charge is 2.41. The van der Waals surface area contributed by atoms with E-state index in [2.05, 4.69) is 69.1 Å². The third-order valence-corrected chi connectivity index (χ3v) is 11.9. The normalized spacial score (nSPS) is 22.7. The number of ether oxygens (including phenoxy) is 2. The molecule has 3 aromatic rings. The van der Waals surface area contributed by atoms with Gasteiger partial charge in [-0.05, 0) is 72.3 Å². The van der Waals surface area contributed by atoms with Crippen LogP contribution in [0.3, 0.4) is 0 Å². The van der Waals surface area contributed by atoms with Crippen LogP contribution in [-0.4, -0.2) is 94.9 Å². The highest BCUT2D eigenvalue weighted by Crippen LogP contribution is 2.36. The van der Waals surface area contributed by atoms with Gasteiger partial charge < -0.3 is 34.9 Å². The van der Waals surface area contributed by atoms with Crippen LogP contribution in [0.25, 0.3) is 28.0 Å². The van der Waals surface area contributed by atoms with Gasteiger partial charge in [-0.25, -0.2) is 14.6 Å². The molecule has 1 aromatic heterocycles. The van der Waals surface area contributed by atoms with Gasteiger partial charge in [0, 0.05) is 37.5 Å². The lowest BCUT2D eigenvalue weighted by Gasteiger charge is -2.35. The number of hydrogen-bond acceptors (Lipinski definition) is 8. The van der Waals surface area contributed by atoms with Gasteiger partial charge in [-0.3, -0.25) is 14.6 Å². The van der Waals surface area contributed by atoms with E-state index < -0.39 is 18.2 Å². The number of hydrogen-bond donors (Lipinski definition) is 3. The van der Waals surface area contributed by atoms with E-state index in [0.29, 0.717) is 19.5 Å². The molecule has 296 valence electrons. The molecule has 3 aliphatic heterocycles. The fraction of sp³-hybridized carbons (Fsp3) is 0.488. The van der Waals surface area contributed by atoms with Gasteiger partial charge in [0.2, 0.25) is 11.8 Å². The molecule has 0 radical (unpaired) electrons. The van der Waals surface area contributed by atoms with E-state index in [9.17, 15) is 19.2 Å². The summed E-state index contributed by atoms with van der Waals surface area (Å²) in [7, 11) is 2.65. The minimum atomic E-state index is -0.681. The van der Waals surface area contributed by atoms with Crippen LogP contribution in [0.2, 0.25) is 0 Å². The van der Waals surface area contributed by atoms with Crippen molar-refractivity contribution >= 4 is 35.3 Å². The zero-order chi connectivity index (χ0) is 39.3. The molecule has 2 saturated heterocycles. The molecule has 3 N–H and O–H groups in total. The van der Waals surface area contributed by atoms with Crippen molar-refractivity contribution in [3.05, 3.63) is 72.3 Å². The van der Waals surface area contributed by atoms with Crippen molar-refractivity contribution < 1.29 is 28.7 Å². The van der Waals surface area contributed by atoms with Gasteiger partial charge >= 0.3 is 12.2 Å². The van der Waals surface area contributed by atoms with Crippen LogP contribution >= 0.6 is 0 Å². The number of methoxy groups -OCH3 is 2. The molecule has 0 unspecified atom stereocenters. The first-order valence-electron chi connectivity index (χ1n) is 20.0. The highest BCUT2D eigenvalue weighted by atomic mass is 16.5. The lowest BCUT2D eigenvalue weighted by molar-refractivity contribution is -0.137. The standard InChI is InChI=1S/C43H53N7O6/c1-26(2)38(48-43(54)56-4)41(52)50-22-8-12-37(50)39-45-25-35(46-39)30-19-17-28(18-20-30)27-13-15-29(16-14-27)31-23-34(44-24-31)36-11-7-21-49(36)40(51)32-9-5-6-10-33(32)47-42(53)55-3/h13-20,24-26,32-33,36-38H,5-12,21-23H2,1-4H3,(H,45,46)(H,47,53)(H,48,54)/t32-,33+,36-,37-,38-/m0/s1. The Bertz CT molecular complexity index is 1970. The second-order valence-corrected chi connectivity index (χ2v) is 15.7. The summed E-state index contributed by atoms with van der Waals surface area (Å²) in [6.07, 6.45) is 10.4. The minimum Gasteiger partial charge on any atom is -0.453 e. The molecular weight excluding hydrogens is 711 g/mol. The van der Waals surface area contributed by atoms with E-state index in [-0.39, 0.29) is 41.8 Å². The van der Waals surface area contributed by atoms with Crippen LogP contribution in [0.15, 0.2) is 65.9 Å². The first-order valence-corrected chi connectivity index (χ1v) is 20.0. The van der Waals surface area contributed by atoms with Gasteiger partial charge in [-0.15, -0.1) is 0 Å². The van der Waals surface area contributed by atoms with Gasteiger partial charge in [-0.1, -0.05) is 75.2 Å². The molecule has 1 saturated carbocycles. The summed E-state index contributed by atoms with van der Waals surface area (Å²) in [4.78, 5) is 68.2. The number of aromatic amines is 1. The van der Waals surface area contributed by atoms with E-state index in [1.54, 1.807) is 0 Å². The van der Waals surface area contributed by atoms with E-state index in [0.717, 1.165) is 96.4 Å². The smallest absolute Gasteiger partial charge is 0.407 e.